The van der Waals surface area contributed by atoms with E-state index >= 15 is 0 Å². The number of benzene rings is 1. The van der Waals surface area contributed by atoms with Gasteiger partial charge in [0.25, 0.3) is 0 Å². The van der Waals surface area contributed by atoms with Crippen molar-refractivity contribution < 1.29 is 9.13 Å². The largest absolute Gasteiger partial charge is 0.380 e. The molecule has 110 valence electrons. The molecule has 1 aromatic carbocycles. The maximum Gasteiger partial charge on any atom is 0.146 e. The molecule has 20 heavy (non-hydrogen) atoms. The molecule has 1 spiro atoms. The van der Waals surface area contributed by atoms with E-state index in [1.807, 2.05) is 19.1 Å². The first kappa shape index (κ1) is 13.9. The molecule has 1 aliphatic carbocycles. The van der Waals surface area contributed by atoms with E-state index in [1.54, 1.807) is 6.07 Å². The fraction of sp³-hybridized carbons (Fsp3) is 0.647. The van der Waals surface area contributed by atoms with Crippen LogP contribution in [0.3, 0.4) is 0 Å². The van der Waals surface area contributed by atoms with Crippen molar-refractivity contribution in [1.29, 1.82) is 0 Å². The lowest BCUT2D eigenvalue weighted by molar-refractivity contribution is -0.103. The van der Waals surface area contributed by atoms with E-state index in [1.165, 1.54) is 32.1 Å². The quantitative estimate of drug-likeness (QED) is 0.863. The van der Waals surface area contributed by atoms with Crippen LogP contribution in [-0.2, 0) is 4.74 Å². The third-order valence-corrected chi connectivity index (χ3v) is 4.74. The van der Waals surface area contributed by atoms with E-state index in [0.717, 1.165) is 25.0 Å². The monoisotopic (exact) mass is 277 g/mol. The van der Waals surface area contributed by atoms with Crippen LogP contribution >= 0.6 is 0 Å². The summed E-state index contributed by atoms with van der Waals surface area (Å²) in [7, 11) is 0. The molecule has 0 radical (unpaired) electrons. The summed E-state index contributed by atoms with van der Waals surface area (Å²) in [5.74, 6) is -0.144. The van der Waals surface area contributed by atoms with Crippen LogP contribution in [0.5, 0.6) is 0 Å². The van der Waals surface area contributed by atoms with Crippen LogP contribution in [-0.4, -0.2) is 18.2 Å². The van der Waals surface area contributed by atoms with E-state index in [0.29, 0.717) is 11.7 Å². The average Bonchev–Trinajstić information content (AvgIpc) is 2.43. The Kier molecular flexibility index (Phi) is 3.97. The Labute approximate surface area is 120 Å². The third-order valence-electron chi connectivity index (χ3n) is 4.74. The molecule has 1 aliphatic heterocycles. The van der Waals surface area contributed by atoms with Gasteiger partial charge >= 0.3 is 0 Å². The zero-order chi connectivity index (χ0) is 14.0. The Morgan fingerprint density at radius 3 is 2.80 bits per heavy atom. The van der Waals surface area contributed by atoms with Crippen molar-refractivity contribution in [1.82, 2.24) is 0 Å². The first-order chi connectivity index (χ1) is 9.67. The van der Waals surface area contributed by atoms with E-state index < -0.39 is 0 Å². The standard InChI is InChI=1S/C17H24FNO/c1-13-5-6-16(15(18)11-13)19-14-7-10-20-17(12-14)8-3-2-4-9-17/h5-6,11,14,19H,2-4,7-10,12H2,1H3. The van der Waals surface area contributed by atoms with Gasteiger partial charge in [-0.3, -0.25) is 0 Å². The van der Waals surface area contributed by atoms with Gasteiger partial charge in [0, 0.05) is 12.6 Å². The fourth-order valence-electron chi connectivity index (χ4n) is 3.65. The first-order valence-corrected chi connectivity index (χ1v) is 7.84. The SMILES string of the molecule is Cc1ccc(NC2CCOC3(CCCCC3)C2)c(F)c1. The molecule has 2 aliphatic rings. The second-order valence-corrected chi connectivity index (χ2v) is 6.41. The lowest BCUT2D eigenvalue weighted by Gasteiger charge is -2.44. The van der Waals surface area contributed by atoms with Gasteiger partial charge in [0.2, 0.25) is 0 Å². The number of hydrogen-bond acceptors (Lipinski definition) is 2. The lowest BCUT2D eigenvalue weighted by Crippen LogP contribution is -2.45. The van der Waals surface area contributed by atoms with Crippen molar-refractivity contribution in [2.45, 2.75) is 63.5 Å². The normalized spacial score (nSPS) is 25.6. The van der Waals surface area contributed by atoms with Gasteiger partial charge in [0.05, 0.1) is 11.3 Å². The maximum absolute atomic E-state index is 13.9. The number of rotatable bonds is 2. The Balaban J connectivity index is 1.68. The molecular weight excluding hydrogens is 253 g/mol. The molecular formula is C17H24FNO. The molecule has 3 heteroatoms. The summed E-state index contributed by atoms with van der Waals surface area (Å²) in [6.07, 6.45) is 8.19. The molecule has 0 bridgehead atoms. The van der Waals surface area contributed by atoms with Gasteiger partial charge in [0.1, 0.15) is 5.82 Å². The number of ether oxygens (including phenoxy) is 1. The molecule has 1 unspecified atom stereocenters. The van der Waals surface area contributed by atoms with Crippen LogP contribution < -0.4 is 5.32 Å². The van der Waals surface area contributed by atoms with Crippen molar-refractivity contribution in [2.24, 2.45) is 0 Å². The Bertz CT molecular complexity index is 463. The predicted molar refractivity (Wildman–Crippen MR) is 79.5 cm³/mol. The molecule has 1 atom stereocenters. The molecule has 1 saturated heterocycles. The summed E-state index contributed by atoms with van der Waals surface area (Å²) >= 11 is 0. The minimum absolute atomic E-state index is 0.0648. The van der Waals surface area contributed by atoms with E-state index in [9.17, 15) is 4.39 Å². The Morgan fingerprint density at radius 2 is 2.05 bits per heavy atom. The van der Waals surface area contributed by atoms with Crippen molar-refractivity contribution in [3.05, 3.63) is 29.6 Å². The highest BCUT2D eigenvalue weighted by molar-refractivity contribution is 5.47. The number of anilines is 1. The molecule has 2 nitrogen and oxygen atoms in total. The maximum atomic E-state index is 13.9. The molecule has 1 saturated carbocycles. The van der Waals surface area contributed by atoms with Crippen molar-refractivity contribution in [3.8, 4) is 0 Å². The summed E-state index contributed by atoms with van der Waals surface area (Å²) < 4.78 is 20.0. The summed E-state index contributed by atoms with van der Waals surface area (Å²) in [5.41, 5.74) is 1.66. The first-order valence-electron chi connectivity index (χ1n) is 7.84. The molecule has 2 fully saturated rings. The van der Waals surface area contributed by atoms with Crippen LogP contribution in [0.15, 0.2) is 18.2 Å². The van der Waals surface area contributed by atoms with E-state index in [2.05, 4.69) is 5.32 Å². The van der Waals surface area contributed by atoms with Gasteiger partial charge in [-0.2, -0.15) is 0 Å². The van der Waals surface area contributed by atoms with Crippen molar-refractivity contribution in [3.63, 3.8) is 0 Å². The zero-order valence-electron chi connectivity index (χ0n) is 12.3. The minimum atomic E-state index is -0.144. The second kappa shape index (κ2) is 5.72. The van der Waals surface area contributed by atoms with E-state index in [-0.39, 0.29) is 11.4 Å². The van der Waals surface area contributed by atoms with Gasteiger partial charge in [0.15, 0.2) is 0 Å². The van der Waals surface area contributed by atoms with Crippen LogP contribution in [0.2, 0.25) is 0 Å². The van der Waals surface area contributed by atoms with Crippen LogP contribution in [0.25, 0.3) is 0 Å². The van der Waals surface area contributed by atoms with Crippen LogP contribution in [0.1, 0.15) is 50.5 Å². The fourth-order valence-corrected chi connectivity index (χ4v) is 3.65. The van der Waals surface area contributed by atoms with Crippen LogP contribution in [0.4, 0.5) is 10.1 Å². The van der Waals surface area contributed by atoms with Gasteiger partial charge in [-0.05, 0) is 50.3 Å². The average molecular weight is 277 g/mol. The van der Waals surface area contributed by atoms with Crippen LogP contribution in [0, 0.1) is 12.7 Å². The Morgan fingerprint density at radius 1 is 1.25 bits per heavy atom. The predicted octanol–water partition coefficient (Wildman–Crippen LogP) is 4.43. The highest BCUT2D eigenvalue weighted by atomic mass is 19.1. The number of hydrogen-bond donors (Lipinski definition) is 1. The minimum Gasteiger partial charge on any atom is -0.380 e. The summed E-state index contributed by atoms with van der Waals surface area (Å²) in [4.78, 5) is 0. The molecule has 0 aromatic heterocycles. The van der Waals surface area contributed by atoms with Crippen molar-refractivity contribution in [2.75, 3.05) is 11.9 Å². The van der Waals surface area contributed by atoms with Gasteiger partial charge in [-0.1, -0.05) is 25.3 Å². The molecule has 3 rings (SSSR count). The highest BCUT2D eigenvalue weighted by Gasteiger charge is 2.38. The number of halogens is 1. The highest BCUT2D eigenvalue weighted by Crippen LogP contribution is 2.39. The van der Waals surface area contributed by atoms with Gasteiger partial charge in [-0.25, -0.2) is 4.39 Å². The second-order valence-electron chi connectivity index (χ2n) is 6.41. The summed E-state index contributed by atoms with van der Waals surface area (Å²) in [6, 6.07) is 5.74. The molecule has 0 amide bonds. The topological polar surface area (TPSA) is 21.3 Å². The molecule has 1 heterocycles. The third kappa shape index (κ3) is 2.98. The summed E-state index contributed by atoms with van der Waals surface area (Å²) in [5, 5.41) is 3.39. The summed E-state index contributed by atoms with van der Waals surface area (Å²) in [6.45, 7) is 2.71. The molecule has 1 aromatic rings. The van der Waals surface area contributed by atoms with Gasteiger partial charge in [-0.15, -0.1) is 0 Å². The number of aryl methyl sites for hydroxylation is 1. The van der Waals surface area contributed by atoms with Crippen molar-refractivity contribution >= 4 is 5.69 Å². The lowest BCUT2D eigenvalue weighted by atomic mass is 9.78. The van der Waals surface area contributed by atoms with E-state index in [4.69, 9.17) is 4.74 Å². The Hall–Kier alpha value is -1.09. The zero-order valence-corrected chi connectivity index (χ0v) is 12.3. The smallest absolute Gasteiger partial charge is 0.146 e. The molecule has 1 N–H and O–H groups in total. The van der Waals surface area contributed by atoms with Gasteiger partial charge < -0.3 is 10.1 Å². The number of nitrogens with one attached hydrogen (secondary N) is 1.